The fourth-order valence-corrected chi connectivity index (χ4v) is 4.69. The van der Waals surface area contributed by atoms with E-state index in [0.717, 1.165) is 10.6 Å². The lowest BCUT2D eigenvalue weighted by Crippen LogP contribution is -2.23. The second kappa shape index (κ2) is 5.57. The van der Waals surface area contributed by atoms with Crippen molar-refractivity contribution in [2.24, 2.45) is 5.92 Å². The Labute approximate surface area is 127 Å². The molecule has 0 aliphatic carbocycles. The first kappa shape index (κ1) is 14.2. The number of sulfone groups is 1. The van der Waals surface area contributed by atoms with E-state index in [1.165, 1.54) is 0 Å². The van der Waals surface area contributed by atoms with Crippen molar-refractivity contribution in [2.45, 2.75) is 6.42 Å². The summed E-state index contributed by atoms with van der Waals surface area (Å²) in [6, 6.07) is 7.38. The van der Waals surface area contributed by atoms with Crippen LogP contribution < -0.4 is 5.32 Å². The van der Waals surface area contributed by atoms with E-state index in [1.807, 2.05) is 17.5 Å². The molecule has 0 bridgehead atoms. The van der Waals surface area contributed by atoms with Crippen LogP contribution in [0.2, 0.25) is 0 Å². The molecule has 1 saturated heterocycles. The lowest BCUT2D eigenvalue weighted by atomic mass is 10.1. The number of thiazole rings is 1. The molecule has 7 heteroatoms. The van der Waals surface area contributed by atoms with E-state index < -0.39 is 15.8 Å². The van der Waals surface area contributed by atoms with Gasteiger partial charge in [0.05, 0.1) is 17.4 Å². The zero-order valence-electron chi connectivity index (χ0n) is 11.2. The van der Waals surface area contributed by atoms with E-state index in [1.54, 1.807) is 29.7 Å². The largest absolute Gasteiger partial charge is 0.326 e. The number of carbonyl (C=O) groups excluding carboxylic acids is 1. The summed E-state index contributed by atoms with van der Waals surface area (Å²) in [6.07, 6.45) is 2.15. The molecule has 1 aliphatic heterocycles. The summed E-state index contributed by atoms with van der Waals surface area (Å²) in [5, 5.41) is 5.61. The molecule has 1 amide bonds. The number of anilines is 1. The quantitative estimate of drug-likeness (QED) is 0.940. The molecule has 0 saturated carbocycles. The molecule has 1 aromatic carbocycles. The number of nitrogens with zero attached hydrogens (tertiary/aromatic N) is 1. The molecule has 110 valence electrons. The van der Waals surface area contributed by atoms with Gasteiger partial charge in [0.1, 0.15) is 5.01 Å². The number of rotatable bonds is 3. The number of carbonyl (C=O) groups is 1. The minimum Gasteiger partial charge on any atom is -0.326 e. The molecule has 21 heavy (non-hydrogen) atoms. The Hall–Kier alpha value is -1.73. The molecular formula is C14H14N2O3S2. The van der Waals surface area contributed by atoms with Gasteiger partial charge in [-0.25, -0.2) is 13.4 Å². The van der Waals surface area contributed by atoms with E-state index in [4.69, 9.17) is 0 Å². The predicted molar refractivity (Wildman–Crippen MR) is 82.9 cm³/mol. The highest BCUT2D eigenvalue weighted by atomic mass is 32.2. The number of benzene rings is 1. The van der Waals surface area contributed by atoms with Crippen molar-refractivity contribution in [1.82, 2.24) is 4.98 Å². The van der Waals surface area contributed by atoms with Crippen molar-refractivity contribution in [3.63, 3.8) is 0 Å². The van der Waals surface area contributed by atoms with Crippen molar-refractivity contribution >= 4 is 32.8 Å². The number of nitrogens with one attached hydrogen (secondary N) is 1. The molecule has 1 fully saturated rings. The summed E-state index contributed by atoms with van der Waals surface area (Å²) in [7, 11) is -3.04. The Balaban J connectivity index is 1.67. The van der Waals surface area contributed by atoms with Gasteiger partial charge in [-0.1, -0.05) is 0 Å². The molecule has 1 aliphatic rings. The zero-order chi connectivity index (χ0) is 14.9. The second-order valence-corrected chi connectivity index (χ2v) is 8.13. The summed E-state index contributed by atoms with van der Waals surface area (Å²) >= 11 is 1.55. The standard InChI is InChI=1S/C14H14N2O3S2/c17-13(11-5-8-21(18,19)9-11)16-12-3-1-10(2-4-12)14-15-6-7-20-14/h1-4,6-7,11H,5,8-9H2,(H,16,17). The van der Waals surface area contributed by atoms with E-state index in [0.29, 0.717) is 12.1 Å². The van der Waals surface area contributed by atoms with Crippen LogP contribution in [0.5, 0.6) is 0 Å². The van der Waals surface area contributed by atoms with Crippen LogP contribution in [0.4, 0.5) is 5.69 Å². The molecule has 2 aromatic rings. The third-order valence-electron chi connectivity index (χ3n) is 3.43. The Morgan fingerprint density at radius 1 is 1.29 bits per heavy atom. The number of amides is 1. The highest BCUT2D eigenvalue weighted by Crippen LogP contribution is 2.24. The van der Waals surface area contributed by atoms with Gasteiger partial charge in [0, 0.05) is 22.8 Å². The van der Waals surface area contributed by atoms with Gasteiger partial charge < -0.3 is 5.32 Å². The fraction of sp³-hybridized carbons (Fsp3) is 0.286. The zero-order valence-corrected chi connectivity index (χ0v) is 12.8. The van der Waals surface area contributed by atoms with E-state index in [-0.39, 0.29) is 17.4 Å². The highest BCUT2D eigenvalue weighted by molar-refractivity contribution is 7.91. The Morgan fingerprint density at radius 2 is 2.05 bits per heavy atom. The SMILES string of the molecule is O=C(Nc1ccc(-c2nccs2)cc1)C1CCS(=O)(=O)C1. The fourth-order valence-electron chi connectivity index (χ4n) is 2.31. The van der Waals surface area contributed by atoms with Crippen molar-refractivity contribution in [1.29, 1.82) is 0 Å². The van der Waals surface area contributed by atoms with Crippen LogP contribution in [0.15, 0.2) is 35.8 Å². The average Bonchev–Trinajstić information content (AvgIpc) is 3.09. The maximum absolute atomic E-state index is 12.0. The van der Waals surface area contributed by atoms with Crippen LogP contribution in [-0.2, 0) is 14.6 Å². The summed E-state index contributed by atoms with van der Waals surface area (Å²) in [5.74, 6) is -0.601. The molecule has 0 radical (unpaired) electrons. The van der Waals surface area contributed by atoms with E-state index >= 15 is 0 Å². The van der Waals surface area contributed by atoms with Gasteiger partial charge in [0.2, 0.25) is 5.91 Å². The monoisotopic (exact) mass is 322 g/mol. The molecule has 3 rings (SSSR count). The number of aromatic nitrogens is 1. The van der Waals surface area contributed by atoms with Crippen molar-refractivity contribution < 1.29 is 13.2 Å². The van der Waals surface area contributed by atoms with Crippen LogP contribution >= 0.6 is 11.3 Å². The first-order valence-electron chi connectivity index (χ1n) is 6.55. The highest BCUT2D eigenvalue weighted by Gasteiger charge is 2.32. The van der Waals surface area contributed by atoms with Gasteiger partial charge in [-0.05, 0) is 30.7 Å². The molecule has 1 atom stereocenters. The van der Waals surface area contributed by atoms with Crippen molar-refractivity contribution in [2.75, 3.05) is 16.8 Å². The first-order chi connectivity index (χ1) is 10.0. The lowest BCUT2D eigenvalue weighted by molar-refractivity contribution is -0.119. The van der Waals surface area contributed by atoms with Crippen molar-refractivity contribution in [3.05, 3.63) is 35.8 Å². The van der Waals surface area contributed by atoms with Gasteiger partial charge >= 0.3 is 0 Å². The van der Waals surface area contributed by atoms with Gasteiger partial charge in [-0.2, -0.15) is 0 Å². The maximum Gasteiger partial charge on any atom is 0.228 e. The summed E-state index contributed by atoms with van der Waals surface area (Å²) in [4.78, 5) is 16.3. The number of hydrogen-bond donors (Lipinski definition) is 1. The van der Waals surface area contributed by atoms with Gasteiger partial charge in [-0.15, -0.1) is 11.3 Å². The minimum atomic E-state index is -3.04. The lowest BCUT2D eigenvalue weighted by Gasteiger charge is -2.09. The molecule has 5 nitrogen and oxygen atoms in total. The normalized spacial score (nSPS) is 20.3. The third-order valence-corrected chi connectivity index (χ3v) is 6.03. The van der Waals surface area contributed by atoms with Gasteiger partial charge in [-0.3, -0.25) is 4.79 Å². The number of hydrogen-bond acceptors (Lipinski definition) is 5. The summed E-state index contributed by atoms with van der Waals surface area (Å²) in [5.41, 5.74) is 1.66. The Kier molecular flexibility index (Phi) is 3.77. The summed E-state index contributed by atoms with van der Waals surface area (Å²) in [6.45, 7) is 0. The molecule has 2 heterocycles. The topological polar surface area (TPSA) is 76.1 Å². The Bertz CT molecular complexity index is 737. The molecule has 1 unspecified atom stereocenters. The Morgan fingerprint density at radius 3 is 2.62 bits per heavy atom. The second-order valence-electron chi connectivity index (χ2n) is 5.00. The maximum atomic E-state index is 12.0. The molecule has 1 aromatic heterocycles. The van der Waals surface area contributed by atoms with Crippen LogP contribution in [0, 0.1) is 5.92 Å². The molecular weight excluding hydrogens is 308 g/mol. The molecule has 0 spiro atoms. The van der Waals surface area contributed by atoms with E-state index in [2.05, 4.69) is 10.3 Å². The average molecular weight is 322 g/mol. The van der Waals surface area contributed by atoms with Gasteiger partial charge in [0.15, 0.2) is 9.84 Å². The third kappa shape index (κ3) is 3.30. The van der Waals surface area contributed by atoms with Crippen LogP contribution in [0.25, 0.3) is 10.6 Å². The predicted octanol–water partition coefficient (Wildman–Crippen LogP) is 2.18. The first-order valence-corrected chi connectivity index (χ1v) is 9.25. The minimum absolute atomic E-state index is 0.0456. The van der Waals surface area contributed by atoms with Gasteiger partial charge in [0.25, 0.3) is 0 Å². The molecule has 1 N–H and O–H groups in total. The van der Waals surface area contributed by atoms with E-state index in [9.17, 15) is 13.2 Å². The van der Waals surface area contributed by atoms with Crippen molar-refractivity contribution in [3.8, 4) is 10.6 Å². The van der Waals surface area contributed by atoms with Crippen LogP contribution in [-0.4, -0.2) is 30.8 Å². The van der Waals surface area contributed by atoms with Crippen LogP contribution in [0.3, 0.4) is 0 Å². The smallest absolute Gasteiger partial charge is 0.228 e. The van der Waals surface area contributed by atoms with Crippen LogP contribution in [0.1, 0.15) is 6.42 Å². The summed E-state index contributed by atoms with van der Waals surface area (Å²) < 4.78 is 22.8.